The number of urea groups is 1. The normalized spacial score (nSPS) is 12.2. The van der Waals surface area contributed by atoms with Crippen LogP contribution < -0.4 is 10.6 Å². The molecule has 7 heteroatoms. The Kier molecular flexibility index (Phi) is 6.30. The number of hydrogen-bond acceptors (Lipinski definition) is 3. The standard InChI is InChI=1S/C12H17BrN2O3S/c1-7(2)5-9(11(16)17)15-12(18)14-6-10-8(13)3-4-19-10/h3-4,7,9H,5-6H2,1-2H3,(H,16,17)(H2,14,15,18)/t9-/m1/s1. The van der Waals surface area contributed by atoms with E-state index in [-0.39, 0.29) is 5.92 Å². The largest absolute Gasteiger partial charge is 0.480 e. The molecular formula is C12H17BrN2O3S. The summed E-state index contributed by atoms with van der Waals surface area (Å²) >= 11 is 4.89. The van der Waals surface area contributed by atoms with Crippen LogP contribution in [0.5, 0.6) is 0 Å². The second kappa shape index (κ2) is 7.49. The summed E-state index contributed by atoms with van der Waals surface area (Å²) in [4.78, 5) is 23.7. The first kappa shape index (κ1) is 16.0. The number of carboxylic acids is 1. The minimum atomic E-state index is -1.01. The van der Waals surface area contributed by atoms with E-state index in [1.807, 2.05) is 25.3 Å². The molecule has 1 aromatic heterocycles. The summed E-state index contributed by atoms with van der Waals surface area (Å²) in [5.41, 5.74) is 0. The van der Waals surface area contributed by atoms with Gasteiger partial charge in [0.15, 0.2) is 0 Å². The van der Waals surface area contributed by atoms with Crippen LogP contribution in [0, 0.1) is 5.92 Å². The first-order chi connectivity index (χ1) is 8.90. The van der Waals surface area contributed by atoms with Crippen molar-refractivity contribution in [1.82, 2.24) is 10.6 Å². The lowest BCUT2D eigenvalue weighted by molar-refractivity contribution is -0.139. The molecule has 5 nitrogen and oxygen atoms in total. The maximum absolute atomic E-state index is 11.6. The van der Waals surface area contributed by atoms with Crippen LogP contribution in [0.15, 0.2) is 15.9 Å². The molecule has 0 aliphatic rings. The molecule has 0 spiro atoms. The summed E-state index contributed by atoms with van der Waals surface area (Å²) < 4.78 is 0.940. The molecule has 0 saturated carbocycles. The van der Waals surface area contributed by atoms with Crippen LogP contribution in [0.1, 0.15) is 25.1 Å². The molecule has 19 heavy (non-hydrogen) atoms. The highest BCUT2D eigenvalue weighted by Crippen LogP contribution is 2.22. The van der Waals surface area contributed by atoms with Gasteiger partial charge < -0.3 is 15.7 Å². The fraction of sp³-hybridized carbons (Fsp3) is 0.500. The quantitative estimate of drug-likeness (QED) is 0.739. The van der Waals surface area contributed by atoms with E-state index in [1.165, 1.54) is 11.3 Å². The van der Waals surface area contributed by atoms with Crippen LogP contribution in [0.25, 0.3) is 0 Å². The van der Waals surface area contributed by atoms with Gasteiger partial charge in [-0.1, -0.05) is 13.8 Å². The minimum Gasteiger partial charge on any atom is -0.480 e. The lowest BCUT2D eigenvalue weighted by atomic mass is 10.0. The Hall–Kier alpha value is -1.08. The van der Waals surface area contributed by atoms with Crippen LogP contribution in [0.4, 0.5) is 4.79 Å². The number of amides is 2. The molecule has 0 fully saturated rings. The van der Waals surface area contributed by atoms with Gasteiger partial charge in [0.2, 0.25) is 0 Å². The molecular weight excluding hydrogens is 332 g/mol. The predicted octanol–water partition coefficient (Wildman–Crippen LogP) is 2.81. The van der Waals surface area contributed by atoms with Crippen molar-refractivity contribution in [3.63, 3.8) is 0 Å². The van der Waals surface area contributed by atoms with Crippen LogP contribution in [-0.2, 0) is 11.3 Å². The third kappa shape index (κ3) is 5.61. The Balaban J connectivity index is 2.45. The lowest BCUT2D eigenvalue weighted by Gasteiger charge is -2.16. The van der Waals surface area contributed by atoms with Gasteiger partial charge in [0.25, 0.3) is 0 Å². The molecule has 1 aromatic rings. The molecule has 1 atom stereocenters. The molecule has 0 aliphatic heterocycles. The number of halogens is 1. The molecule has 1 rings (SSSR count). The summed E-state index contributed by atoms with van der Waals surface area (Å²) in [5.74, 6) is -0.811. The molecule has 0 aromatic carbocycles. The average Bonchev–Trinajstić information content (AvgIpc) is 2.70. The number of hydrogen-bond donors (Lipinski definition) is 3. The third-order valence-electron chi connectivity index (χ3n) is 2.41. The fourth-order valence-electron chi connectivity index (χ4n) is 1.51. The molecule has 0 unspecified atom stereocenters. The highest BCUT2D eigenvalue weighted by atomic mass is 79.9. The van der Waals surface area contributed by atoms with Crippen LogP contribution in [-0.4, -0.2) is 23.1 Å². The van der Waals surface area contributed by atoms with E-state index in [0.717, 1.165) is 9.35 Å². The van der Waals surface area contributed by atoms with Crippen molar-refractivity contribution in [1.29, 1.82) is 0 Å². The molecule has 2 amide bonds. The first-order valence-corrected chi connectivity index (χ1v) is 7.56. The van der Waals surface area contributed by atoms with E-state index in [4.69, 9.17) is 5.11 Å². The first-order valence-electron chi connectivity index (χ1n) is 5.89. The van der Waals surface area contributed by atoms with Gasteiger partial charge in [-0.2, -0.15) is 0 Å². The molecule has 0 radical (unpaired) electrons. The van der Waals surface area contributed by atoms with Crippen LogP contribution in [0.2, 0.25) is 0 Å². The number of nitrogens with one attached hydrogen (secondary N) is 2. The maximum Gasteiger partial charge on any atom is 0.326 e. The van der Waals surface area contributed by atoms with Gasteiger partial charge in [0.1, 0.15) is 6.04 Å². The Morgan fingerprint density at radius 2 is 2.16 bits per heavy atom. The molecule has 0 aliphatic carbocycles. The molecule has 3 N–H and O–H groups in total. The van der Waals surface area contributed by atoms with Crippen molar-refractivity contribution in [2.75, 3.05) is 0 Å². The summed E-state index contributed by atoms with van der Waals surface area (Å²) in [6, 6.07) is 0.582. The van der Waals surface area contributed by atoms with Gasteiger partial charge in [-0.25, -0.2) is 9.59 Å². The molecule has 106 valence electrons. The summed E-state index contributed by atoms with van der Waals surface area (Å²) in [7, 11) is 0. The number of thiophene rings is 1. The number of carbonyl (C=O) groups excluding carboxylic acids is 1. The SMILES string of the molecule is CC(C)C[C@@H](NC(=O)NCc1sccc1Br)C(=O)O. The predicted molar refractivity (Wildman–Crippen MR) is 78.3 cm³/mol. The van der Waals surface area contributed by atoms with E-state index >= 15 is 0 Å². The Morgan fingerprint density at radius 1 is 1.47 bits per heavy atom. The lowest BCUT2D eigenvalue weighted by Crippen LogP contribution is -2.46. The van der Waals surface area contributed by atoms with Gasteiger partial charge in [-0.05, 0) is 39.7 Å². The Labute approximate surface area is 124 Å². The van der Waals surface area contributed by atoms with E-state index < -0.39 is 18.0 Å². The van der Waals surface area contributed by atoms with Crippen molar-refractivity contribution in [3.05, 3.63) is 20.8 Å². The van der Waals surface area contributed by atoms with Crippen molar-refractivity contribution >= 4 is 39.3 Å². The minimum absolute atomic E-state index is 0.202. The van der Waals surface area contributed by atoms with Crippen LogP contribution >= 0.6 is 27.3 Å². The fourth-order valence-corrected chi connectivity index (χ4v) is 2.95. The number of carboxylic acid groups (broad SMARTS) is 1. The van der Waals surface area contributed by atoms with Gasteiger partial charge in [0.05, 0.1) is 6.54 Å². The maximum atomic E-state index is 11.6. The highest BCUT2D eigenvalue weighted by molar-refractivity contribution is 9.10. The molecule has 0 bridgehead atoms. The number of rotatable bonds is 6. The van der Waals surface area contributed by atoms with E-state index in [9.17, 15) is 9.59 Å². The monoisotopic (exact) mass is 348 g/mol. The summed E-state index contributed by atoms with van der Waals surface area (Å²) in [5, 5.41) is 16.1. The molecule has 1 heterocycles. The average molecular weight is 349 g/mol. The van der Waals surface area contributed by atoms with Gasteiger partial charge in [-0.15, -0.1) is 11.3 Å². The zero-order chi connectivity index (χ0) is 14.4. The summed E-state index contributed by atoms with van der Waals surface area (Å²) in [6.07, 6.45) is 0.408. The zero-order valence-corrected chi connectivity index (χ0v) is 13.2. The second-order valence-corrected chi connectivity index (χ2v) is 6.39. The van der Waals surface area contributed by atoms with Crippen molar-refractivity contribution < 1.29 is 14.7 Å². The smallest absolute Gasteiger partial charge is 0.326 e. The number of carbonyl (C=O) groups is 2. The van der Waals surface area contributed by atoms with Crippen molar-refractivity contribution in [3.8, 4) is 0 Å². The van der Waals surface area contributed by atoms with Crippen molar-refractivity contribution in [2.24, 2.45) is 5.92 Å². The van der Waals surface area contributed by atoms with Gasteiger partial charge in [-0.3, -0.25) is 0 Å². The van der Waals surface area contributed by atoms with E-state index in [2.05, 4.69) is 26.6 Å². The summed E-state index contributed by atoms with van der Waals surface area (Å²) in [6.45, 7) is 4.20. The molecule has 0 saturated heterocycles. The zero-order valence-electron chi connectivity index (χ0n) is 10.8. The highest BCUT2D eigenvalue weighted by Gasteiger charge is 2.20. The topological polar surface area (TPSA) is 78.4 Å². The van der Waals surface area contributed by atoms with Crippen molar-refractivity contribution in [2.45, 2.75) is 32.9 Å². The second-order valence-electron chi connectivity index (χ2n) is 4.54. The Morgan fingerprint density at radius 3 is 2.63 bits per heavy atom. The van der Waals surface area contributed by atoms with E-state index in [0.29, 0.717) is 13.0 Å². The van der Waals surface area contributed by atoms with E-state index in [1.54, 1.807) is 0 Å². The Bertz CT molecular complexity index is 448. The third-order valence-corrected chi connectivity index (χ3v) is 4.34. The van der Waals surface area contributed by atoms with Gasteiger partial charge in [0, 0.05) is 9.35 Å². The van der Waals surface area contributed by atoms with Gasteiger partial charge >= 0.3 is 12.0 Å². The number of aliphatic carboxylic acids is 1. The van der Waals surface area contributed by atoms with Crippen LogP contribution in [0.3, 0.4) is 0 Å².